The topological polar surface area (TPSA) is 51.2 Å². The Morgan fingerprint density at radius 2 is 2.00 bits per heavy atom. The zero-order valence-electron chi connectivity index (χ0n) is 9.53. The van der Waals surface area contributed by atoms with Gasteiger partial charge >= 0.3 is 0 Å². The first-order valence-corrected chi connectivity index (χ1v) is 7.53. The van der Waals surface area contributed by atoms with Crippen molar-refractivity contribution in [2.75, 3.05) is 6.26 Å². The Kier molecular flexibility index (Phi) is 4.32. The molecule has 0 saturated heterocycles. The lowest BCUT2D eigenvalue weighted by atomic mass is 9.85. The average molecular weight is 232 g/mol. The molecule has 0 aromatic heterocycles. The predicted octanol–water partition coefficient (Wildman–Crippen LogP) is 1.96. The summed E-state index contributed by atoms with van der Waals surface area (Å²) < 4.78 is 22.8. The third-order valence-electron chi connectivity index (χ3n) is 3.24. The SMILES string of the molecule is CC(=O)CCC1CCCC(S(C)(=O)=O)C1. The summed E-state index contributed by atoms with van der Waals surface area (Å²) in [6.07, 6.45) is 6.41. The van der Waals surface area contributed by atoms with Gasteiger partial charge < -0.3 is 4.79 Å². The van der Waals surface area contributed by atoms with Crippen molar-refractivity contribution in [1.82, 2.24) is 0 Å². The summed E-state index contributed by atoms with van der Waals surface area (Å²) in [5.74, 6) is 0.638. The highest BCUT2D eigenvalue weighted by Gasteiger charge is 2.28. The first-order chi connectivity index (χ1) is 6.89. The highest BCUT2D eigenvalue weighted by Crippen LogP contribution is 2.31. The second kappa shape index (κ2) is 5.10. The third-order valence-corrected chi connectivity index (χ3v) is 4.88. The van der Waals surface area contributed by atoms with Gasteiger partial charge in [-0.2, -0.15) is 0 Å². The van der Waals surface area contributed by atoms with Gasteiger partial charge in [0.25, 0.3) is 0 Å². The minimum atomic E-state index is -2.88. The fraction of sp³-hybridized carbons (Fsp3) is 0.909. The smallest absolute Gasteiger partial charge is 0.150 e. The second-order valence-electron chi connectivity index (χ2n) is 4.72. The number of carbonyl (C=O) groups excluding carboxylic acids is 1. The van der Waals surface area contributed by atoms with Crippen molar-refractivity contribution in [3.05, 3.63) is 0 Å². The molecule has 15 heavy (non-hydrogen) atoms. The average Bonchev–Trinajstić information content (AvgIpc) is 2.14. The monoisotopic (exact) mass is 232 g/mol. The molecule has 0 bridgehead atoms. The molecular weight excluding hydrogens is 212 g/mol. The number of carbonyl (C=O) groups is 1. The minimum absolute atomic E-state index is 0.164. The molecule has 2 atom stereocenters. The van der Waals surface area contributed by atoms with Gasteiger partial charge in [-0.15, -0.1) is 0 Å². The molecule has 1 fully saturated rings. The number of hydrogen-bond donors (Lipinski definition) is 0. The molecule has 2 unspecified atom stereocenters. The van der Waals surface area contributed by atoms with Crippen molar-refractivity contribution in [3.8, 4) is 0 Å². The lowest BCUT2D eigenvalue weighted by Crippen LogP contribution is -2.27. The van der Waals surface area contributed by atoms with Crippen LogP contribution in [0.1, 0.15) is 45.4 Å². The molecule has 0 radical (unpaired) electrons. The molecular formula is C11H20O3S. The molecule has 1 rings (SSSR count). The van der Waals surface area contributed by atoms with Gasteiger partial charge in [-0.1, -0.05) is 12.8 Å². The normalized spacial score (nSPS) is 27.6. The maximum Gasteiger partial charge on any atom is 0.150 e. The first-order valence-electron chi connectivity index (χ1n) is 5.58. The molecule has 0 N–H and O–H groups in total. The highest BCUT2D eigenvalue weighted by molar-refractivity contribution is 7.91. The summed E-state index contributed by atoms with van der Waals surface area (Å²) in [4.78, 5) is 10.8. The quantitative estimate of drug-likeness (QED) is 0.744. The van der Waals surface area contributed by atoms with Crippen molar-refractivity contribution in [3.63, 3.8) is 0 Å². The van der Waals surface area contributed by atoms with Gasteiger partial charge in [0.2, 0.25) is 0 Å². The molecule has 0 heterocycles. The zero-order chi connectivity index (χ0) is 11.5. The van der Waals surface area contributed by atoms with E-state index >= 15 is 0 Å². The van der Waals surface area contributed by atoms with Crippen LogP contribution in [0.25, 0.3) is 0 Å². The zero-order valence-corrected chi connectivity index (χ0v) is 10.3. The fourth-order valence-electron chi connectivity index (χ4n) is 2.30. The van der Waals surface area contributed by atoms with Crippen molar-refractivity contribution in [1.29, 1.82) is 0 Å². The van der Waals surface area contributed by atoms with E-state index in [0.717, 1.165) is 32.1 Å². The Labute approximate surface area is 92.2 Å². The van der Waals surface area contributed by atoms with Crippen molar-refractivity contribution in [2.45, 2.75) is 50.7 Å². The van der Waals surface area contributed by atoms with E-state index in [0.29, 0.717) is 12.3 Å². The van der Waals surface area contributed by atoms with Crippen LogP contribution < -0.4 is 0 Å². The first kappa shape index (κ1) is 12.7. The molecule has 0 amide bonds. The lowest BCUT2D eigenvalue weighted by Gasteiger charge is -2.27. The molecule has 0 aliphatic heterocycles. The van der Waals surface area contributed by atoms with E-state index in [1.54, 1.807) is 6.92 Å². The molecule has 1 aliphatic rings. The Morgan fingerprint density at radius 3 is 2.53 bits per heavy atom. The summed E-state index contributed by atoms with van der Waals surface area (Å²) in [5.41, 5.74) is 0. The Morgan fingerprint density at radius 1 is 1.33 bits per heavy atom. The van der Waals surface area contributed by atoms with E-state index in [2.05, 4.69) is 0 Å². The van der Waals surface area contributed by atoms with Crippen LogP contribution in [0.2, 0.25) is 0 Å². The van der Waals surface area contributed by atoms with Crippen LogP contribution in [-0.2, 0) is 14.6 Å². The molecule has 88 valence electrons. The van der Waals surface area contributed by atoms with Gasteiger partial charge in [0.1, 0.15) is 15.6 Å². The van der Waals surface area contributed by atoms with E-state index in [-0.39, 0.29) is 11.0 Å². The van der Waals surface area contributed by atoms with Crippen LogP contribution in [0, 0.1) is 5.92 Å². The van der Waals surface area contributed by atoms with Crippen LogP contribution in [0.15, 0.2) is 0 Å². The molecule has 1 aliphatic carbocycles. The standard InChI is InChI=1S/C11H20O3S/c1-9(12)6-7-10-4-3-5-11(8-10)15(2,13)14/h10-11H,3-8H2,1-2H3. The van der Waals surface area contributed by atoms with E-state index in [9.17, 15) is 13.2 Å². The van der Waals surface area contributed by atoms with E-state index < -0.39 is 9.84 Å². The van der Waals surface area contributed by atoms with Gasteiger partial charge in [-0.25, -0.2) is 8.42 Å². The van der Waals surface area contributed by atoms with Crippen LogP contribution in [0.5, 0.6) is 0 Å². The summed E-state index contributed by atoms with van der Waals surface area (Å²) in [6, 6.07) is 0. The summed E-state index contributed by atoms with van der Waals surface area (Å²) in [6.45, 7) is 1.59. The highest BCUT2D eigenvalue weighted by atomic mass is 32.2. The van der Waals surface area contributed by atoms with Crippen LogP contribution >= 0.6 is 0 Å². The number of rotatable bonds is 4. The Hall–Kier alpha value is -0.380. The largest absolute Gasteiger partial charge is 0.300 e. The predicted molar refractivity (Wildman–Crippen MR) is 60.5 cm³/mol. The Bertz CT molecular complexity index is 319. The van der Waals surface area contributed by atoms with Gasteiger partial charge in [-0.3, -0.25) is 0 Å². The van der Waals surface area contributed by atoms with Gasteiger partial charge in [0, 0.05) is 12.7 Å². The molecule has 0 aromatic carbocycles. The fourth-order valence-corrected chi connectivity index (χ4v) is 3.52. The maximum absolute atomic E-state index is 11.4. The van der Waals surface area contributed by atoms with Gasteiger partial charge in [0.15, 0.2) is 0 Å². The molecule has 3 nitrogen and oxygen atoms in total. The number of sulfone groups is 1. The molecule has 0 aromatic rings. The molecule has 1 saturated carbocycles. The van der Waals surface area contributed by atoms with Crippen LogP contribution in [0.4, 0.5) is 0 Å². The van der Waals surface area contributed by atoms with Gasteiger partial charge in [0.05, 0.1) is 5.25 Å². The summed E-state index contributed by atoms with van der Waals surface area (Å²) in [7, 11) is -2.88. The second-order valence-corrected chi connectivity index (χ2v) is 7.05. The van der Waals surface area contributed by atoms with Gasteiger partial charge in [-0.05, 0) is 32.1 Å². The van der Waals surface area contributed by atoms with Crippen molar-refractivity contribution in [2.24, 2.45) is 5.92 Å². The third kappa shape index (κ3) is 4.33. The maximum atomic E-state index is 11.4. The van der Waals surface area contributed by atoms with E-state index in [1.165, 1.54) is 6.26 Å². The molecule has 4 heteroatoms. The lowest BCUT2D eigenvalue weighted by molar-refractivity contribution is -0.117. The number of Topliss-reactive ketones (excluding diaryl/α,β-unsaturated/α-hetero) is 1. The van der Waals surface area contributed by atoms with E-state index in [1.807, 2.05) is 0 Å². The Balaban J connectivity index is 2.46. The molecule has 0 spiro atoms. The van der Waals surface area contributed by atoms with E-state index in [4.69, 9.17) is 0 Å². The minimum Gasteiger partial charge on any atom is -0.300 e. The summed E-state index contributed by atoms with van der Waals surface area (Å²) >= 11 is 0. The number of ketones is 1. The van der Waals surface area contributed by atoms with Crippen molar-refractivity contribution >= 4 is 15.6 Å². The van der Waals surface area contributed by atoms with Crippen molar-refractivity contribution < 1.29 is 13.2 Å². The summed E-state index contributed by atoms with van der Waals surface area (Å²) in [5, 5.41) is -0.164. The number of hydrogen-bond acceptors (Lipinski definition) is 3. The van der Waals surface area contributed by atoms with Crippen LogP contribution in [-0.4, -0.2) is 25.7 Å². The van der Waals surface area contributed by atoms with Crippen LogP contribution in [0.3, 0.4) is 0 Å².